The molecule has 43 nitrogen and oxygen atoms in total. The van der Waals surface area contributed by atoms with E-state index in [1.807, 2.05) is 4.90 Å². The van der Waals surface area contributed by atoms with E-state index in [1.54, 1.807) is 0 Å². The first-order valence-electron chi connectivity index (χ1n) is 43.6. The number of phenols is 1. The zero-order valence-corrected chi connectivity index (χ0v) is 73.3. The van der Waals surface area contributed by atoms with Gasteiger partial charge >= 0.3 is 5.97 Å². The molecule has 20 atom stereocenters. The number of esters is 1. The van der Waals surface area contributed by atoms with Crippen LogP contribution in [0.25, 0.3) is 0 Å². The number of unbranched alkanes of at least 4 members (excludes halogenated alkanes) is 10. The number of carbonyl (C=O) groups is 15. The Hall–Kier alpha value is -9.41. The molecule has 125 heavy (non-hydrogen) atoms. The van der Waals surface area contributed by atoms with Gasteiger partial charge in [0.2, 0.25) is 82.7 Å². The molecule has 1 aromatic rings. The van der Waals surface area contributed by atoms with E-state index < -0.39 is 249 Å². The summed E-state index contributed by atoms with van der Waals surface area (Å²) < 4.78 is 6.17. The van der Waals surface area contributed by atoms with E-state index in [1.165, 1.54) is 49.9 Å². The van der Waals surface area contributed by atoms with Gasteiger partial charge in [0.25, 0.3) is 0 Å². The predicted octanol–water partition coefficient (Wildman–Crippen LogP) is -7.32. The molecule has 3 aliphatic rings. The van der Waals surface area contributed by atoms with E-state index in [-0.39, 0.29) is 96.1 Å². The third-order valence-electron chi connectivity index (χ3n) is 22.1. The fourth-order valence-corrected chi connectivity index (χ4v) is 15.2. The number of hydrogen-bond acceptors (Lipinski definition) is 29. The van der Waals surface area contributed by atoms with Gasteiger partial charge in [-0.2, -0.15) is 0 Å². The average molecular weight is 1780 g/mol. The van der Waals surface area contributed by atoms with Gasteiger partial charge in [0.15, 0.2) is 0 Å². The van der Waals surface area contributed by atoms with E-state index in [9.17, 15) is 108 Å². The van der Waals surface area contributed by atoms with Crippen molar-refractivity contribution < 1.29 is 118 Å². The molecule has 8 unspecified atom stereocenters. The summed E-state index contributed by atoms with van der Waals surface area (Å²) in [6.07, 6.45) is -6.67. The zero-order valence-electron chi connectivity index (χ0n) is 73.3. The second kappa shape index (κ2) is 55.2. The number of benzene rings is 1. The molecule has 0 bridgehead atoms. The molecule has 0 radical (unpaired) electrons. The number of nitrogens with one attached hydrogen (secondary N) is 10. The number of aliphatic hydroxyl groups excluding tert-OH is 7. The summed E-state index contributed by atoms with van der Waals surface area (Å²) >= 11 is 0. The maximum absolute atomic E-state index is 15.1. The van der Waals surface area contributed by atoms with E-state index in [2.05, 4.69) is 60.1 Å². The lowest BCUT2D eigenvalue weighted by molar-refractivity contribution is -0.155. The van der Waals surface area contributed by atoms with Crippen molar-refractivity contribution in [1.82, 2.24) is 72.8 Å². The van der Waals surface area contributed by atoms with E-state index >= 15 is 4.79 Å². The standard InChI is InChI=1S/C82H141N19O24/c1-9-10-11-12-13-14-15-16-17-18-19-22-54-41-62(111)92-65(47(5)102)75(117)89-46(4)71(113)91-56(39-51-25-27-52(106)28-26-51)72(114)94-64(45(2)3)80(122)101-44-53(107)40-58(101)73(115)95-67(49(7)104)77(119)96-68(50(8)105)81(123)100-35-29-59(108)70(100)78(120)97-69(60(109)42-61(87)110)74(116)88-43-63(112)93-66(48(6)103)76(118)90-55(82(124)125-54)23-21-34-99(38-33-86)79(121)57(24-20-30-83)98(36-31-84)37-32-85/h25-28,45-50,53-60,64-70,102-109H,9-24,29-44,83-86H2,1-8H3,(H2,87,110)(H,88,116)(H,89,117)(H,90,118)(H,91,113)(H,92,111)(H,93,112)(H,94,114)(H,95,115)(H,96,119)(H,97,120)/t46-,47?,48+,49+,50-,53+,54?,55-,56-,57?,58-,59-,60?,64?,65+,66+,67+,68?,69?,70?/m0/s1. The zero-order chi connectivity index (χ0) is 93.5. The van der Waals surface area contributed by atoms with Crippen molar-refractivity contribution >= 4 is 88.7 Å². The number of phenolic OH excluding ortho intramolecular Hbond substituents is 1. The van der Waals surface area contributed by atoms with Crippen LogP contribution in [-0.2, 0) is 83.1 Å². The third-order valence-corrected chi connectivity index (χ3v) is 22.1. The molecule has 0 aromatic heterocycles. The van der Waals surface area contributed by atoms with Crippen molar-refractivity contribution in [2.24, 2.45) is 34.6 Å². The number of aromatic hydroxyl groups is 1. The number of nitrogens with two attached hydrogens (primary N) is 5. The van der Waals surface area contributed by atoms with Gasteiger partial charge in [0, 0.05) is 71.7 Å². The fraction of sp³-hybridized carbons (Fsp3) is 0.744. The Labute approximate surface area is 729 Å². The number of fused-ring (bicyclic) bond motifs is 2. The van der Waals surface area contributed by atoms with Crippen LogP contribution in [0.4, 0.5) is 0 Å². The summed E-state index contributed by atoms with van der Waals surface area (Å²) in [6, 6.07) is -15.7. The van der Waals surface area contributed by atoms with Crippen LogP contribution in [0.15, 0.2) is 24.3 Å². The first-order chi connectivity index (χ1) is 59.1. The number of ether oxygens (including phenoxy) is 1. The Morgan fingerprint density at radius 2 is 1.04 bits per heavy atom. The minimum absolute atomic E-state index is 0.00186. The van der Waals surface area contributed by atoms with Gasteiger partial charge in [-0.3, -0.25) is 72.0 Å². The average Bonchev–Trinajstić information content (AvgIpc) is 1.66. The smallest absolute Gasteiger partial charge is 0.328 e. The molecule has 3 saturated heterocycles. The minimum atomic E-state index is -2.27. The van der Waals surface area contributed by atoms with Crippen LogP contribution in [0.3, 0.4) is 0 Å². The van der Waals surface area contributed by atoms with Crippen molar-refractivity contribution in [2.75, 3.05) is 72.0 Å². The van der Waals surface area contributed by atoms with Crippen LogP contribution >= 0.6 is 0 Å². The summed E-state index contributed by atoms with van der Waals surface area (Å²) in [5, 5.41) is 112. The maximum atomic E-state index is 15.1. The quantitative estimate of drug-likeness (QED) is 0.0217. The maximum Gasteiger partial charge on any atom is 0.328 e. The molecular formula is C82H141N19O24. The summed E-state index contributed by atoms with van der Waals surface area (Å²) in [4.78, 5) is 221. The molecule has 4 rings (SSSR count). The first-order valence-corrected chi connectivity index (χ1v) is 43.6. The van der Waals surface area contributed by atoms with E-state index in [0.29, 0.717) is 36.1 Å². The number of rotatable bonds is 37. The highest BCUT2D eigenvalue weighted by atomic mass is 16.5. The molecule has 28 N–H and O–H groups in total. The number of amides is 14. The van der Waals surface area contributed by atoms with E-state index in [0.717, 1.165) is 90.4 Å². The Kier molecular flexibility index (Phi) is 47.7. The van der Waals surface area contributed by atoms with Crippen molar-refractivity contribution in [1.29, 1.82) is 0 Å². The molecule has 3 heterocycles. The summed E-state index contributed by atoms with van der Waals surface area (Å²) in [5.74, 6) is -18.0. The highest BCUT2D eigenvalue weighted by Crippen LogP contribution is 2.26. The number of hydrogen-bond donors (Lipinski definition) is 23. The summed E-state index contributed by atoms with van der Waals surface area (Å²) in [5.41, 5.74) is 29.7. The molecule has 1 aromatic carbocycles. The highest BCUT2D eigenvalue weighted by Gasteiger charge is 2.49. The van der Waals surface area contributed by atoms with Crippen LogP contribution in [0.2, 0.25) is 0 Å². The summed E-state index contributed by atoms with van der Waals surface area (Å²) in [7, 11) is 0. The number of cyclic esters (lactones) is 1. The van der Waals surface area contributed by atoms with Gasteiger partial charge in [0.05, 0.1) is 68.2 Å². The second-order valence-electron chi connectivity index (χ2n) is 33.1. The molecule has 0 spiro atoms. The van der Waals surface area contributed by atoms with Gasteiger partial charge in [-0.1, -0.05) is 97.1 Å². The summed E-state index contributed by atoms with van der Waals surface area (Å²) in [6.45, 7) is 9.54. The first kappa shape index (κ1) is 108. The second-order valence-corrected chi connectivity index (χ2v) is 33.1. The minimum Gasteiger partial charge on any atom is -0.508 e. The lowest BCUT2D eigenvalue weighted by Crippen LogP contribution is -2.64. The molecule has 0 saturated carbocycles. The van der Waals surface area contributed by atoms with Gasteiger partial charge in [-0.05, 0) is 110 Å². The van der Waals surface area contributed by atoms with Gasteiger partial charge in [0.1, 0.15) is 78.3 Å². The number of primary amides is 1. The SMILES string of the molecule is CCCCCCCCCCCCCC1CC(=O)N[C@H](C(C)O)C(=O)N[C@@H](C)C(=O)N[C@@H](Cc2ccc(O)cc2)C(=O)NC(C(C)C)C(=O)N2C[C@H](O)C[C@H]2C(=O)N[C@H]([C@@H](C)O)C(=O)NC([C@H](C)O)C(=O)N2CC[C@H](O)C2C(=O)NC(C(O)CC(N)=O)C(=O)NCC(=O)N[C@H]([C@@H](C)O)C(=O)N[C@@H](CCCN(CCN)C(=O)C(CCCN)N(CCN)CCN)C(=O)O1. The molecule has 3 fully saturated rings. The monoisotopic (exact) mass is 1780 g/mol. The molecule has 0 aliphatic carbocycles. The number of nitrogens with zero attached hydrogens (tertiary/aromatic N) is 4. The molecule has 3 aliphatic heterocycles. The largest absolute Gasteiger partial charge is 0.508 e. The van der Waals surface area contributed by atoms with Gasteiger partial charge < -0.3 is 142 Å². The van der Waals surface area contributed by atoms with E-state index in [4.69, 9.17) is 33.4 Å². The Bertz CT molecular complexity index is 3650. The van der Waals surface area contributed by atoms with Gasteiger partial charge in [-0.15, -0.1) is 0 Å². The van der Waals surface area contributed by atoms with Crippen molar-refractivity contribution in [3.8, 4) is 5.75 Å². The lowest BCUT2D eigenvalue weighted by Gasteiger charge is -2.35. The third kappa shape index (κ3) is 35.4. The van der Waals surface area contributed by atoms with Crippen LogP contribution in [-0.4, -0.2) is 342 Å². The number of carbonyl (C=O) groups excluding carboxylic acids is 15. The van der Waals surface area contributed by atoms with Crippen LogP contribution in [0.1, 0.15) is 189 Å². The van der Waals surface area contributed by atoms with Crippen LogP contribution in [0, 0.1) is 5.92 Å². The van der Waals surface area contributed by atoms with Gasteiger partial charge in [-0.25, -0.2) is 4.79 Å². The predicted molar refractivity (Wildman–Crippen MR) is 454 cm³/mol. The molecule has 14 amide bonds. The Morgan fingerprint density at radius 1 is 0.528 bits per heavy atom. The lowest BCUT2D eigenvalue weighted by atomic mass is 9.99. The van der Waals surface area contributed by atoms with Crippen molar-refractivity contribution in [2.45, 2.75) is 312 Å². The Morgan fingerprint density at radius 3 is 1.59 bits per heavy atom. The molecular weight excluding hydrogens is 1640 g/mol. The topological polar surface area (TPSA) is 690 Å². The van der Waals surface area contributed by atoms with Crippen molar-refractivity contribution in [3.63, 3.8) is 0 Å². The van der Waals surface area contributed by atoms with Crippen molar-refractivity contribution in [3.05, 3.63) is 29.8 Å². The number of aliphatic hydroxyl groups is 7. The van der Waals surface area contributed by atoms with Crippen LogP contribution < -0.4 is 81.8 Å². The van der Waals surface area contributed by atoms with Crippen LogP contribution in [0.5, 0.6) is 5.75 Å². The highest BCUT2D eigenvalue weighted by molar-refractivity contribution is 6.00. The normalized spacial score (nSPS) is 26.2. The fourth-order valence-electron chi connectivity index (χ4n) is 15.2. The molecule has 43 heteroatoms. The molecule has 708 valence electrons. The Balaban J connectivity index is 1.91.